The molecule has 0 aliphatic rings. The molecule has 0 bridgehead atoms. The maximum atomic E-state index is 3.58. The molecular weight excluding hydrogens is 214 g/mol. The van der Waals surface area contributed by atoms with Crippen LogP contribution < -0.4 is 5.32 Å². The maximum absolute atomic E-state index is 3.58. The van der Waals surface area contributed by atoms with Crippen LogP contribution in [0.15, 0.2) is 29.6 Å². The normalized spacial score (nSPS) is 13.5. The molecule has 1 unspecified atom stereocenters. The molecule has 0 amide bonds. The molecule has 2 rings (SSSR count). The maximum Gasteiger partial charge on any atom is 0.0346 e. The fourth-order valence-electron chi connectivity index (χ4n) is 1.68. The van der Waals surface area contributed by atoms with E-state index in [2.05, 4.69) is 55.7 Å². The first-order valence-corrected chi connectivity index (χ1v) is 6.75. The molecule has 1 heterocycles. The third-order valence-corrected chi connectivity index (χ3v) is 4.19. The Hall–Kier alpha value is -0.860. The quantitative estimate of drug-likeness (QED) is 0.840. The second kappa shape index (κ2) is 4.98. The Balaban J connectivity index is 2.10. The number of hydrogen-bond acceptors (Lipinski definition) is 2. The minimum Gasteiger partial charge on any atom is -0.310 e. The summed E-state index contributed by atoms with van der Waals surface area (Å²) < 4.78 is 1.39. The lowest BCUT2D eigenvalue weighted by Crippen LogP contribution is -2.30. The van der Waals surface area contributed by atoms with Crippen molar-refractivity contribution in [2.24, 2.45) is 5.92 Å². The Morgan fingerprint density at radius 3 is 2.69 bits per heavy atom. The van der Waals surface area contributed by atoms with Gasteiger partial charge in [-0.25, -0.2) is 0 Å². The van der Waals surface area contributed by atoms with Gasteiger partial charge in [-0.05, 0) is 35.2 Å². The summed E-state index contributed by atoms with van der Waals surface area (Å²) in [6.07, 6.45) is 0. The molecule has 1 atom stereocenters. The summed E-state index contributed by atoms with van der Waals surface area (Å²) in [6, 6.07) is 9.19. The lowest BCUT2D eigenvalue weighted by Gasteiger charge is -2.17. The van der Waals surface area contributed by atoms with Gasteiger partial charge in [0.25, 0.3) is 0 Å². The molecule has 0 saturated carbocycles. The molecule has 0 radical (unpaired) electrons. The van der Waals surface area contributed by atoms with Crippen LogP contribution in [-0.4, -0.2) is 6.04 Å². The lowest BCUT2D eigenvalue weighted by molar-refractivity contribution is 0.427. The minimum absolute atomic E-state index is 0.568. The van der Waals surface area contributed by atoms with E-state index in [1.54, 1.807) is 0 Å². The van der Waals surface area contributed by atoms with Crippen LogP contribution in [0, 0.1) is 5.92 Å². The monoisotopic (exact) mass is 233 g/mol. The zero-order chi connectivity index (χ0) is 11.5. The van der Waals surface area contributed by atoms with E-state index in [-0.39, 0.29) is 0 Å². The van der Waals surface area contributed by atoms with Crippen molar-refractivity contribution in [3.8, 4) is 0 Å². The molecule has 1 N–H and O–H groups in total. The second-order valence-electron chi connectivity index (χ2n) is 4.67. The fourth-order valence-corrected chi connectivity index (χ4v) is 2.64. The van der Waals surface area contributed by atoms with Gasteiger partial charge in [0.1, 0.15) is 0 Å². The average Bonchev–Trinajstić information content (AvgIpc) is 2.69. The van der Waals surface area contributed by atoms with Gasteiger partial charge in [0.15, 0.2) is 0 Å². The van der Waals surface area contributed by atoms with Gasteiger partial charge >= 0.3 is 0 Å². The predicted molar refractivity (Wildman–Crippen MR) is 73.0 cm³/mol. The zero-order valence-corrected chi connectivity index (χ0v) is 11.0. The Labute approximate surface area is 101 Å². The molecule has 1 aromatic heterocycles. The van der Waals surface area contributed by atoms with Crippen molar-refractivity contribution >= 4 is 21.4 Å². The van der Waals surface area contributed by atoms with Crippen molar-refractivity contribution < 1.29 is 0 Å². The SMILES string of the molecule is CC(C)C(C)NCc1csc2ccccc12. The smallest absolute Gasteiger partial charge is 0.0346 e. The van der Waals surface area contributed by atoms with Gasteiger partial charge in [0.05, 0.1) is 0 Å². The van der Waals surface area contributed by atoms with Crippen LogP contribution in [0.4, 0.5) is 0 Å². The third-order valence-electron chi connectivity index (χ3n) is 3.18. The summed E-state index contributed by atoms with van der Waals surface area (Å²) in [5.41, 5.74) is 1.42. The van der Waals surface area contributed by atoms with Crippen LogP contribution in [0.3, 0.4) is 0 Å². The Morgan fingerprint density at radius 2 is 1.94 bits per heavy atom. The zero-order valence-electron chi connectivity index (χ0n) is 10.2. The van der Waals surface area contributed by atoms with E-state index in [9.17, 15) is 0 Å². The Kier molecular flexibility index (Phi) is 3.62. The summed E-state index contributed by atoms with van der Waals surface area (Å²) >= 11 is 1.83. The third kappa shape index (κ3) is 2.45. The first kappa shape index (κ1) is 11.6. The van der Waals surface area contributed by atoms with Gasteiger partial charge in [-0.2, -0.15) is 0 Å². The summed E-state index contributed by atoms with van der Waals surface area (Å²) in [5, 5.41) is 7.25. The van der Waals surface area contributed by atoms with Gasteiger partial charge in [0.2, 0.25) is 0 Å². The van der Waals surface area contributed by atoms with Gasteiger partial charge in [-0.1, -0.05) is 32.0 Å². The van der Waals surface area contributed by atoms with E-state index in [0.29, 0.717) is 12.0 Å². The van der Waals surface area contributed by atoms with E-state index < -0.39 is 0 Å². The number of benzene rings is 1. The Morgan fingerprint density at radius 1 is 1.19 bits per heavy atom. The summed E-state index contributed by atoms with van der Waals surface area (Å²) in [7, 11) is 0. The van der Waals surface area contributed by atoms with E-state index in [0.717, 1.165) is 6.54 Å². The summed E-state index contributed by atoms with van der Waals surface area (Å²) in [4.78, 5) is 0. The highest BCUT2D eigenvalue weighted by atomic mass is 32.1. The fraction of sp³-hybridized carbons (Fsp3) is 0.429. The predicted octanol–water partition coefficient (Wildman–Crippen LogP) is 4.04. The number of rotatable bonds is 4. The van der Waals surface area contributed by atoms with E-state index in [4.69, 9.17) is 0 Å². The first-order valence-electron chi connectivity index (χ1n) is 5.87. The second-order valence-corrected chi connectivity index (χ2v) is 5.58. The van der Waals surface area contributed by atoms with Crippen molar-refractivity contribution in [1.82, 2.24) is 5.32 Å². The van der Waals surface area contributed by atoms with Gasteiger partial charge in [0, 0.05) is 17.3 Å². The van der Waals surface area contributed by atoms with Crippen molar-refractivity contribution in [2.75, 3.05) is 0 Å². The molecule has 86 valence electrons. The van der Waals surface area contributed by atoms with Crippen molar-refractivity contribution in [2.45, 2.75) is 33.4 Å². The van der Waals surface area contributed by atoms with Crippen LogP contribution in [0.5, 0.6) is 0 Å². The number of thiophene rings is 1. The highest BCUT2D eigenvalue weighted by Crippen LogP contribution is 2.25. The molecular formula is C14H19NS. The van der Waals surface area contributed by atoms with Crippen molar-refractivity contribution in [1.29, 1.82) is 0 Å². The number of nitrogens with one attached hydrogen (secondary N) is 1. The molecule has 0 fully saturated rings. The van der Waals surface area contributed by atoms with Gasteiger partial charge in [-0.15, -0.1) is 11.3 Å². The molecule has 0 spiro atoms. The molecule has 0 saturated heterocycles. The molecule has 2 heteroatoms. The first-order chi connectivity index (χ1) is 7.68. The molecule has 16 heavy (non-hydrogen) atoms. The van der Waals surface area contributed by atoms with Crippen molar-refractivity contribution in [3.05, 3.63) is 35.2 Å². The van der Waals surface area contributed by atoms with E-state index in [1.165, 1.54) is 15.6 Å². The van der Waals surface area contributed by atoms with Gasteiger partial charge in [-0.3, -0.25) is 0 Å². The molecule has 1 nitrogen and oxygen atoms in total. The minimum atomic E-state index is 0.568. The lowest BCUT2D eigenvalue weighted by atomic mass is 10.1. The summed E-state index contributed by atoms with van der Waals surface area (Å²) in [5.74, 6) is 0.685. The van der Waals surface area contributed by atoms with Crippen LogP contribution in [-0.2, 0) is 6.54 Å². The van der Waals surface area contributed by atoms with E-state index in [1.807, 2.05) is 11.3 Å². The number of fused-ring (bicyclic) bond motifs is 1. The standard InChI is InChI=1S/C14H19NS/c1-10(2)11(3)15-8-12-9-16-14-7-5-4-6-13(12)14/h4-7,9-11,15H,8H2,1-3H3. The van der Waals surface area contributed by atoms with Crippen LogP contribution in [0.25, 0.3) is 10.1 Å². The largest absolute Gasteiger partial charge is 0.310 e. The summed E-state index contributed by atoms with van der Waals surface area (Å²) in [6.45, 7) is 7.73. The molecule has 2 aromatic rings. The van der Waals surface area contributed by atoms with Crippen LogP contribution in [0.2, 0.25) is 0 Å². The van der Waals surface area contributed by atoms with Gasteiger partial charge < -0.3 is 5.32 Å². The number of hydrogen-bond donors (Lipinski definition) is 1. The Bertz CT molecular complexity index is 458. The van der Waals surface area contributed by atoms with E-state index >= 15 is 0 Å². The molecule has 1 aromatic carbocycles. The van der Waals surface area contributed by atoms with Crippen molar-refractivity contribution in [3.63, 3.8) is 0 Å². The highest BCUT2D eigenvalue weighted by Gasteiger charge is 2.08. The average molecular weight is 233 g/mol. The van der Waals surface area contributed by atoms with Crippen LogP contribution in [0.1, 0.15) is 26.3 Å². The topological polar surface area (TPSA) is 12.0 Å². The molecule has 0 aliphatic heterocycles. The molecule has 0 aliphatic carbocycles. The highest BCUT2D eigenvalue weighted by molar-refractivity contribution is 7.17. The van der Waals surface area contributed by atoms with Crippen LogP contribution >= 0.6 is 11.3 Å².